The minimum atomic E-state index is 0.393. The van der Waals surface area contributed by atoms with E-state index in [0.29, 0.717) is 23.7 Å². The highest BCUT2D eigenvalue weighted by atomic mass is 35.5. The molecule has 3 nitrogen and oxygen atoms in total. The fourth-order valence-corrected chi connectivity index (χ4v) is 2.46. The molecule has 0 aliphatic heterocycles. The molecule has 0 fully saturated rings. The summed E-state index contributed by atoms with van der Waals surface area (Å²) in [5, 5.41) is 0. The molecule has 0 atom stereocenters. The number of hydrogen-bond acceptors (Lipinski definition) is 4. The molecule has 0 saturated heterocycles. The van der Waals surface area contributed by atoms with Gasteiger partial charge in [0, 0.05) is 4.88 Å². The van der Waals surface area contributed by atoms with E-state index in [1.807, 2.05) is 12.1 Å². The summed E-state index contributed by atoms with van der Waals surface area (Å²) in [4.78, 5) is 12.0. The molecule has 0 radical (unpaired) electrons. The van der Waals surface area contributed by atoms with Crippen LogP contribution in [0.5, 0.6) is 11.5 Å². The minimum Gasteiger partial charge on any atom is -0.497 e. The Morgan fingerprint density at radius 3 is 2.78 bits per heavy atom. The largest absolute Gasteiger partial charge is 0.497 e. The molecule has 2 rings (SSSR count). The normalized spacial score (nSPS) is 10.1. The predicted octanol–water partition coefficient (Wildman–Crippen LogP) is 3.80. The molecule has 2 aromatic rings. The smallest absolute Gasteiger partial charge is 0.153 e. The van der Waals surface area contributed by atoms with Crippen molar-refractivity contribution < 1.29 is 14.3 Å². The van der Waals surface area contributed by atoms with E-state index >= 15 is 0 Å². The molecule has 94 valence electrons. The zero-order valence-corrected chi connectivity index (χ0v) is 11.3. The van der Waals surface area contributed by atoms with Crippen LogP contribution < -0.4 is 9.47 Å². The summed E-state index contributed by atoms with van der Waals surface area (Å²) in [5.74, 6) is 1.17. The van der Waals surface area contributed by atoms with E-state index in [4.69, 9.17) is 21.1 Å². The lowest BCUT2D eigenvalue weighted by molar-refractivity contribution is 0.111. The van der Waals surface area contributed by atoms with Crippen LogP contribution in [0.4, 0.5) is 0 Å². The molecule has 0 N–H and O–H groups in total. The van der Waals surface area contributed by atoms with E-state index in [2.05, 4.69) is 0 Å². The summed E-state index contributed by atoms with van der Waals surface area (Å²) in [6.07, 6.45) is 0.749. The molecule has 0 aliphatic rings. The van der Waals surface area contributed by atoms with Gasteiger partial charge in [-0.2, -0.15) is 0 Å². The van der Waals surface area contributed by atoms with Crippen LogP contribution in [0.1, 0.15) is 15.2 Å². The highest BCUT2D eigenvalue weighted by Gasteiger charge is 2.06. The van der Waals surface area contributed by atoms with Crippen LogP contribution in [0.2, 0.25) is 4.34 Å². The third kappa shape index (κ3) is 3.03. The second kappa shape index (κ2) is 5.89. The van der Waals surface area contributed by atoms with Crippen LogP contribution in [0.15, 0.2) is 30.3 Å². The second-order valence-corrected chi connectivity index (χ2v) is 5.32. The van der Waals surface area contributed by atoms with Crippen molar-refractivity contribution in [3.05, 3.63) is 45.1 Å². The van der Waals surface area contributed by atoms with Crippen LogP contribution in [-0.4, -0.2) is 13.4 Å². The quantitative estimate of drug-likeness (QED) is 0.783. The number of rotatable bonds is 5. The van der Waals surface area contributed by atoms with Gasteiger partial charge in [0.25, 0.3) is 0 Å². The summed E-state index contributed by atoms with van der Waals surface area (Å²) in [5.41, 5.74) is 0.469. The Morgan fingerprint density at radius 2 is 2.17 bits per heavy atom. The maximum absolute atomic E-state index is 11.0. The Balaban J connectivity index is 2.11. The maximum atomic E-state index is 11.0. The number of benzene rings is 1. The lowest BCUT2D eigenvalue weighted by atomic mass is 10.2. The Kier molecular flexibility index (Phi) is 4.23. The number of aldehydes is 1. The van der Waals surface area contributed by atoms with Crippen molar-refractivity contribution in [2.75, 3.05) is 7.11 Å². The molecule has 18 heavy (non-hydrogen) atoms. The average molecular weight is 283 g/mol. The Morgan fingerprint density at radius 1 is 1.33 bits per heavy atom. The van der Waals surface area contributed by atoms with Crippen molar-refractivity contribution in [2.45, 2.75) is 6.61 Å². The van der Waals surface area contributed by atoms with Crippen molar-refractivity contribution in [2.24, 2.45) is 0 Å². The Labute approximate surface area is 114 Å². The maximum Gasteiger partial charge on any atom is 0.153 e. The molecule has 1 heterocycles. The lowest BCUT2D eigenvalue weighted by Crippen LogP contribution is -1.97. The molecule has 0 saturated carbocycles. The van der Waals surface area contributed by atoms with Crippen molar-refractivity contribution >= 4 is 29.2 Å². The summed E-state index contributed by atoms with van der Waals surface area (Å²) < 4.78 is 11.4. The summed E-state index contributed by atoms with van der Waals surface area (Å²) in [6, 6.07) is 8.84. The predicted molar refractivity (Wildman–Crippen MR) is 72.0 cm³/mol. The van der Waals surface area contributed by atoms with Gasteiger partial charge < -0.3 is 9.47 Å². The van der Waals surface area contributed by atoms with Crippen LogP contribution in [0, 0.1) is 0 Å². The standard InChI is InChI=1S/C13H11ClO3S/c1-16-10-2-4-12(9(6-10)7-15)17-8-11-3-5-13(14)18-11/h2-7H,8H2,1H3. The highest BCUT2D eigenvalue weighted by Crippen LogP contribution is 2.26. The highest BCUT2D eigenvalue weighted by molar-refractivity contribution is 7.16. The monoisotopic (exact) mass is 282 g/mol. The molecular formula is C13H11ClO3S. The van der Waals surface area contributed by atoms with Gasteiger partial charge >= 0.3 is 0 Å². The molecule has 1 aromatic heterocycles. The number of carbonyl (C=O) groups excluding carboxylic acids is 1. The summed E-state index contributed by atoms with van der Waals surface area (Å²) >= 11 is 7.29. The van der Waals surface area contributed by atoms with Crippen molar-refractivity contribution in [3.63, 3.8) is 0 Å². The van der Waals surface area contributed by atoms with E-state index in [9.17, 15) is 4.79 Å². The van der Waals surface area contributed by atoms with Gasteiger partial charge in [-0.25, -0.2) is 0 Å². The van der Waals surface area contributed by atoms with Gasteiger partial charge in [0.05, 0.1) is 17.0 Å². The number of carbonyl (C=O) groups is 1. The Bertz CT molecular complexity index is 551. The van der Waals surface area contributed by atoms with Crippen molar-refractivity contribution in [3.8, 4) is 11.5 Å². The van der Waals surface area contributed by atoms with Crippen molar-refractivity contribution in [1.82, 2.24) is 0 Å². The van der Waals surface area contributed by atoms with Crippen LogP contribution in [0.25, 0.3) is 0 Å². The molecule has 0 bridgehead atoms. The van der Waals surface area contributed by atoms with E-state index in [1.165, 1.54) is 11.3 Å². The molecular weight excluding hydrogens is 272 g/mol. The van der Waals surface area contributed by atoms with E-state index in [-0.39, 0.29) is 0 Å². The summed E-state index contributed by atoms with van der Waals surface area (Å²) in [7, 11) is 1.55. The van der Waals surface area contributed by atoms with Gasteiger partial charge in [0.1, 0.15) is 18.1 Å². The van der Waals surface area contributed by atoms with Gasteiger partial charge in [-0.3, -0.25) is 4.79 Å². The minimum absolute atomic E-state index is 0.393. The zero-order valence-electron chi connectivity index (χ0n) is 9.68. The number of hydrogen-bond donors (Lipinski definition) is 0. The second-order valence-electron chi connectivity index (χ2n) is 3.52. The SMILES string of the molecule is COc1ccc(OCc2ccc(Cl)s2)c(C=O)c1. The van der Waals surface area contributed by atoms with Gasteiger partial charge in [-0.05, 0) is 30.3 Å². The van der Waals surface area contributed by atoms with Gasteiger partial charge in [-0.1, -0.05) is 11.6 Å². The van der Waals surface area contributed by atoms with E-state index in [1.54, 1.807) is 25.3 Å². The number of ether oxygens (including phenoxy) is 2. The van der Waals surface area contributed by atoms with Crippen LogP contribution in [-0.2, 0) is 6.61 Å². The van der Waals surface area contributed by atoms with E-state index in [0.717, 1.165) is 15.5 Å². The van der Waals surface area contributed by atoms with E-state index < -0.39 is 0 Å². The van der Waals surface area contributed by atoms with Crippen LogP contribution >= 0.6 is 22.9 Å². The Hall–Kier alpha value is -1.52. The summed E-state index contributed by atoms with van der Waals surface area (Å²) in [6.45, 7) is 0.393. The number of thiophene rings is 1. The molecule has 5 heteroatoms. The molecule has 0 aliphatic carbocycles. The topological polar surface area (TPSA) is 35.5 Å². The van der Waals surface area contributed by atoms with Crippen LogP contribution in [0.3, 0.4) is 0 Å². The molecule has 0 unspecified atom stereocenters. The number of halogens is 1. The molecule has 0 spiro atoms. The molecule has 1 aromatic carbocycles. The molecule has 0 amide bonds. The lowest BCUT2D eigenvalue weighted by Gasteiger charge is -2.08. The van der Waals surface area contributed by atoms with Gasteiger partial charge in [0.2, 0.25) is 0 Å². The first-order valence-electron chi connectivity index (χ1n) is 5.23. The van der Waals surface area contributed by atoms with Gasteiger partial charge in [0.15, 0.2) is 6.29 Å². The number of methoxy groups -OCH3 is 1. The first-order chi connectivity index (χ1) is 8.72. The third-order valence-electron chi connectivity index (χ3n) is 2.34. The van der Waals surface area contributed by atoms with Crippen molar-refractivity contribution in [1.29, 1.82) is 0 Å². The zero-order chi connectivity index (χ0) is 13.0. The average Bonchev–Trinajstić information content (AvgIpc) is 2.82. The third-order valence-corrected chi connectivity index (χ3v) is 3.55. The first kappa shape index (κ1) is 12.9. The van der Waals surface area contributed by atoms with Gasteiger partial charge in [-0.15, -0.1) is 11.3 Å². The first-order valence-corrected chi connectivity index (χ1v) is 6.42. The fraction of sp³-hybridized carbons (Fsp3) is 0.154. The fourth-order valence-electron chi connectivity index (χ4n) is 1.46.